The van der Waals surface area contributed by atoms with Crippen LogP contribution in [0, 0.1) is 6.92 Å². The van der Waals surface area contributed by atoms with Crippen LogP contribution >= 0.6 is 0 Å². The lowest BCUT2D eigenvalue weighted by molar-refractivity contribution is -0.116. The predicted octanol–water partition coefficient (Wildman–Crippen LogP) is 5.04. The second kappa shape index (κ2) is 9.69. The van der Waals surface area contributed by atoms with Crippen molar-refractivity contribution in [3.8, 4) is 0 Å². The number of aryl methyl sites for hydroxylation is 2. The molecule has 0 bridgehead atoms. The van der Waals surface area contributed by atoms with Gasteiger partial charge in [0.15, 0.2) is 0 Å². The number of fused-ring (bicyclic) bond motifs is 1. The highest BCUT2D eigenvalue weighted by atomic mass is 16.2. The highest BCUT2D eigenvalue weighted by molar-refractivity contribution is 5.95. The molecule has 4 aromatic rings. The Morgan fingerprint density at radius 1 is 1.00 bits per heavy atom. The Balaban J connectivity index is 1.60. The fourth-order valence-corrected chi connectivity index (χ4v) is 4.01. The van der Waals surface area contributed by atoms with Crippen LogP contribution in [0.2, 0.25) is 0 Å². The van der Waals surface area contributed by atoms with Crippen molar-refractivity contribution in [3.05, 3.63) is 95.3 Å². The van der Waals surface area contributed by atoms with Crippen molar-refractivity contribution in [1.82, 2.24) is 14.9 Å². The molecule has 0 spiro atoms. The van der Waals surface area contributed by atoms with E-state index in [4.69, 9.17) is 4.98 Å². The molecular formula is C27H28N4O2. The summed E-state index contributed by atoms with van der Waals surface area (Å²) in [5, 5.41) is 6.06. The van der Waals surface area contributed by atoms with Crippen molar-refractivity contribution in [2.24, 2.45) is 0 Å². The van der Waals surface area contributed by atoms with E-state index in [1.54, 1.807) is 6.07 Å². The van der Waals surface area contributed by atoms with E-state index in [1.165, 1.54) is 0 Å². The number of anilines is 1. The van der Waals surface area contributed by atoms with Gasteiger partial charge in [0, 0.05) is 11.3 Å². The average molecular weight is 441 g/mol. The van der Waals surface area contributed by atoms with Gasteiger partial charge in [-0.2, -0.15) is 0 Å². The minimum Gasteiger partial charge on any atom is -0.342 e. The van der Waals surface area contributed by atoms with Gasteiger partial charge in [-0.25, -0.2) is 4.98 Å². The van der Waals surface area contributed by atoms with Crippen molar-refractivity contribution in [1.29, 1.82) is 0 Å². The molecule has 33 heavy (non-hydrogen) atoms. The van der Waals surface area contributed by atoms with Gasteiger partial charge in [-0.15, -0.1) is 0 Å². The van der Waals surface area contributed by atoms with Crippen LogP contribution in [0.25, 0.3) is 11.0 Å². The molecule has 1 unspecified atom stereocenters. The number of para-hydroxylation sites is 3. The van der Waals surface area contributed by atoms with E-state index < -0.39 is 0 Å². The van der Waals surface area contributed by atoms with E-state index in [1.807, 2.05) is 85.1 Å². The molecule has 0 saturated heterocycles. The lowest BCUT2D eigenvalue weighted by atomic mass is 10.1. The molecule has 168 valence electrons. The lowest BCUT2D eigenvalue weighted by Gasteiger charge is -2.17. The Kier molecular flexibility index (Phi) is 6.54. The van der Waals surface area contributed by atoms with Crippen LogP contribution in [0.5, 0.6) is 0 Å². The molecule has 1 aromatic heterocycles. The maximum Gasteiger partial charge on any atom is 0.251 e. The van der Waals surface area contributed by atoms with Gasteiger partial charge in [-0.3, -0.25) is 9.59 Å². The summed E-state index contributed by atoms with van der Waals surface area (Å²) in [7, 11) is 0. The zero-order valence-corrected chi connectivity index (χ0v) is 19.1. The van der Waals surface area contributed by atoms with Gasteiger partial charge < -0.3 is 15.2 Å². The number of carbonyl (C=O) groups excluding carboxylic acids is 2. The third-order valence-electron chi connectivity index (χ3n) is 5.67. The third-order valence-corrected chi connectivity index (χ3v) is 5.67. The van der Waals surface area contributed by atoms with Crippen LogP contribution in [0.1, 0.15) is 47.2 Å². The number of aromatic nitrogens is 2. The zero-order chi connectivity index (χ0) is 23.4. The molecule has 4 rings (SSSR count). The molecule has 1 heterocycles. The van der Waals surface area contributed by atoms with Crippen molar-refractivity contribution < 1.29 is 9.59 Å². The van der Waals surface area contributed by atoms with Gasteiger partial charge in [0.25, 0.3) is 5.91 Å². The number of nitrogens with one attached hydrogen (secondary N) is 2. The average Bonchev–Trinajstić information content (AvgIpc) is 3.18. The number of carbonyl (C=O) groups is 2. The SMILES string of the molecule is CCc1ccccc1NC(=O)Cn1c(C(C)NC(=O)c2cccc(C)c2)nc2ccccc21. The highest BCUT2D eigenvalue weighted by Crippen LogP contribution is 2.22. The molecule has 0 fully saturated rings. The molecule has 2 N–H and O–H groups in total. The van der Waals surface area contributed by atoms with Crippen molar-refractivity contribution >= 4 is 28.5 Å². The van der Waals surface area contributed by atoms with Gasteiger partial charge in [0.05, 0.1) is 17.1 Å². The van der Waals surface area contributed by atoms with Gasteiger partial charge in [0.2, 0.25) is 5.91 Å². The largest absolute Gasteiger partial charge is 0.342 e. The number of imidazole rings is 1. The molecule has 1 atom stereocenters. The molecule has 0 aliphatic heterocycles. The zero-order valence-electron chi connectivity index (χ0n) is 19.1. The van der Waals surface area contributed by atoms with Gasteiger partial charge >= 0.3 is 0 Å². The Hall–Kier alpha value is -3.93. The lowest BCUT2D eigenvalue weighted by Crippen LogP contribution is -2.30. The Morgan fingerprint density at radius 3 is 2.55 bits per heavy atom. The first-order valence-electron chi connectivity index (χ1n) is 11.2. The normalized spacial score (nSPS) is 11.8. The molecule has 2 amide bonds. The first-order valence-corrected chi connectivity index (χ1v) is 11.2. The second-order valence-electron chi connectivity index (χ2n) is 8.17. The molecule has 0 aliphatic carbocycles. The number of benzene rings is 3. The highest BCUT2D eigenvalue weighted by Gasteiger charge is 2.21. The predicted molar refractivity (Wildman–Crippen MR) is 131 cm³/mol. The molecule has 0 aliphatic rings. The van der Waals surface area contributed by atoms with E-state index in [2.05, 4.69) is 17.6 Å². The van der Waals surface area contributed by atoms with E-state index in [-0.39, 0.29) is 24.4 Å². The van der Waals surface area contributed by atoms with Crippen LogP contribution < -0.4 is 10.6 Å². The van der Waals surface area contributed by atoms with Gasteiger partial charge in [-0.05, 0) is 56.2 Å². The molecule has 0 radical (unpaired) electrons. The quantitative estimate of drug-likeness (QED) is 0.423. The maximum atomic E-state index is 13.0. The van der Waals surface area contributed by atoms with Crippen molar-refractivity contribution in [2.45, 2.75) is 39.8 Å². The summed E-state index contributed by atoms with van der Waals surface area (Å²) in [6.07, 6.45) is 0.831. The standard InChI is InChI=1S/C27H28N4O2/c1-4-20-11-5-6-13-22(20)29-25(32)17-31-24-15-8-7-14-23(24)30-26(31)19(3)28-27(33)21-12-9-10-18(2)16-21/h5-16,19H,4,17H2,1-3H3,(H,28,33)(H,29,32). The fraction of sp³-hybridized carbons (Fsp3) is 0.222. The monoisotopic (exact) mass is 440 g/mol. The minimum absolute atomic E-state index is 0.0958. The van der Waals surface area contributed by atoms with Crippen LogP contribution in [-0.4, -0.2) is 21.4 Å². The molecule has 6 nitrogen and oxygen atoms in total. The molecule has 0 saturated carbocycles. The number of nitrogens with zero attached hydrogens (tertiary/aromatic N) is 2. The summed E-state index contributed by atoms with van der Waals surface area (Å²) < 4.78 is 1.88. The third kappa shape index (κ3) is 4.95. The van der Waals surface area contributed by atoms with E-state index in [9.17, 15) is 9.59 Å². The van der Waals surface area contributed by atoms with Crippen LogP contribution in [0.15, 0.2) is 72.8 Å². The summed E-state index contributed by atoms with van der Waals surface area (Å²) >= 11 is 0. The topological polar surface area (TPSA) is 76.0 Å². The smallest absolute Gasteiger partial charge is 0.251 e. The van der Waals surface area contributed by atoms with E-state index in [0.29, 0.717) is 11.4 Å². The number of hydrogen-bond donors (Lipinski definition) is 2. The summed E-state index contributed by atoms with van der Waals surface area (Å²) in [5.41, 5.74) is 5.15. The van der Waals surface area contributed by atoms with Gasteiger partial charge in [-0.1, -0.05) is 55.0 Å². The molecular weight excluding hydrogens is 412 g/mol. The van der Waals surface area contributed by atoms with Crippen molar-refractivity contribution in [3.63, 3.8) is 0 Å². The Bertz CT molecular complexity index is 1310. The van der Waals surface area contributed by atoms with Crippen molar-refractivity contribution in [2.75, 3.05) is 5.32 Å². The van der Waals surface area contributed by atoms with Crippen LogP contribution in [0.3, 0.4) is 0 Å². The van der Waals surface area contributed by atoms with E-state index in [0.717, 1.165) is 34.3 Å². The summed E-state index contributed by atoms with van der Waals surface area (Å²) in [4.78, 5) is 30.6. The van der Waals surface area contributed by atoms with E-state index >= 15 is 0 Å². The Morgan fingerprint density at radius 2 is 1.76 bits per heavy atom. The summed E-state index contributed by atoms with van der Waals surface area (Å²) in [6.45, 7) is 5.99. The van der Waals surface area contributed by atoms with Crippen LogP contribution in [0.4, 0.5) is 5.69 Å². The number of amides is 2. The second-order valence-corrected chi connectivity index (χ2v) is 8.17. The minimum atomic E-state index is -0.388. The Labute approximate surface area is 193 Å². The summed E-state index contributed by atoms with van der Waals surface area (Å²) in [5.74, 6) is 0.319. The first kappa shape index (κ1) is 22.3. The molecule has 6 heteroatoms. The fourth-order valence-electron chi connectivity index (χ4n) is 4.01. The molecule has 3 aromatic carbocycles. The number of hydrogen-bond acceptors (Lipinski definition) is 3. The van der Waals surface area contributed by atoms with Gasteiger partial charge in [0.1, 0.15) is 12.4 Å². The first-order chi connectivity index (χ1) is 16.0. The summed E-state index contributed by atoms with van der Waals surface area (Å²) in [6, 6.07) is 22.6. The van der Waals surface area contributed by atoms with Crippen LogP contribution in [-0.2, 0) is 17.8 Å². The maximum absolute atomic E-state index is 13.0. The number of rotatable bonds is 7.